The van der Waals surface area contributed by atoms with E-state index < -0.39 is 5.97 Å². The standard InChI is InChI=1S/C15H18N2O4/c1-3-17-10-16-8-11(17)9-21-14-12(15(18)19)6-5-7-13(14)20-4-2/h5-8,10H,3-4,9H2,1-2H3,(H,18,19). The molecule has 1 aromatic heterocycles. The fourth-order valence-corrected chi connectivity index (χ4v) is 2.00. The lowest BCUT2D eigenvalue weighted by Crippen LogP contribution is -2.08. The molecular weight excluding hydrogens is 272 g/mol. The van der Waals surface area contributed by atoms with E-state index in [-0.39, 0.29) is 17.9 Å². The van der Waals surface area contributed by atoms with E-state index in [0.717, 1.165) is 12.2 Å². The lowest BCUT2D eigenvalue weighted by molar-refractivity contribution is 0.0690. The number of aryl methyl sites for hydroxylation is 1. The smallest absolute Gasteiger partial charge is 0.339 e. The third-order valence-corrected chi connectivity index (χ3v) is 3.01. The van der Waals surface area contributed by atoms with Gasteiger partial charge >= 0.3 is 5.97 Å². The van der Waals surface area contributed by atoms with Gasteiger partial charge in [0.25, 0.3) is 0 Å². The zero-order valence-corrected chi connectivity index (χ0v) is 12.1. The number of carboxylic acid groups (broad SMARTS) is 1. The summed E-state index contributed by atoms with van der Waals surface area (Å²) in [6.45, 7) is 5.29. The first-order chi connectivity index (χ1) is 10.2. The van der Waals surface area contributed by atoms with Crippen LogP contribution >= 0.6 is 0 Å². The zero-order chi connectivity index (χ0) is 15.2. The summed E-state index contributed by atoms with van der Waals surface area (Å²) < 4.78 is 13.1. The number of carboxylic acids is 1. The molecule has 6 nitrogen and oxygen atoms in total. The van der Waals surface area contributed by atoms with Crippen LogP contribution in [0, 0.1) is 0 Å². The molecule has 0 saturated heterocycles. The van der Waals surface area contributed by atoms with E-state index in [1.54, 1.807) is 24.7 Å². The number of rotatable bonds is 7. The second-order valence-electron chi connectivity index (χ2n) is 4.33. The number of hydrogen-bond acceptors (Lipinski definition) is 4. The largest absolute Gasteiger partial charge is 0.490 e. The second kappa shape index (κ2) is 6.78. The average Bonchev–Trinajstić information content (AvgIpc) is 2.93. The van der Waals surface area contributed by atoms with Gasteiger partial charge in [0.1, 0.15) is 12.2 Å². The second-order valence-corrected chi connectivity index (χ2v) is 4.33. The Morgan fingerprint density at radius 2 is 2.14 bits per heavy atom. The summed E-state index contributed by atoms with van der Waals surface area (Å²) in [4.78, 5) is 15.4. The summed E-state index contributed by atoms with van der Waals surface area (Å²) >= 11 is 0. The lowest BCUT2D eigenvalue weighted by atomic mass is 10.2. The van der Waals surface area contributed by atoms with Crippen LogP contribution in [-0.4, -0.2) is 27.2 Å². The van der Waals surface area contributed by atoms with Crippen molar-refractivity contribution in [2.75, 3.05) is 6.61 Å². The van der Waals surface area contributed by atoms with Gasteiger partial charge in [-0.05, 0) is 26.0 Å². The van der Waals surface area contributed by atoms with Crippen molar-refractivity contribution < 1.29 is 19.4 Å². The van der Waals surface area contributed by atoms with Crippen LogP contribution in [0.1, 0.15) is 29.9 Å². The number of aromatic carboxylic acids is 1. The fraction of sp³-hybridized carbons (Fsp3) is 0.333. The third kappa shape index (κ3) is 3.34. The molecule has 2 aromatic rings. The quantitative estimate of drug-likeness (QED) is 0.848. The van der Waals surface area contributed by atoms with Crippen molar-refractivity contribution in [1.82, 2.24) is 9.55 Å². The maximum atomic E-state index is 11.3. The Kier molecular flexibility index (Phi) is 4.81. The molecule has 0 amide bonds. The maximum absolute atomic E-state index is 11.3. The number of ether oxygens (including phenoxy) is 2. The molecule has 21 heavy (non-hydrogen) atoms. The molecule has 0 aliphatic carbocycles. The van der Waals surface area contributed by atoms with Gasteiger partial charge in [-0.25, -0.2) is 9.78 Å². The summed E-state index contributed by atoms with van der Waals surface area (Å²) in [6.07, 6.45) is 3.42. The van der Waals surface area contributed by atoms with Gasteiger partial charge in [0.2, 0.25) is 0 Å². The first-order valence-corrected chi connectivity index (χ1v) is 6.78. The van der Waals surface area contributed by atoms with Gasteiger partial charge in [0.15, 0.2) is 11.5 Å². The molecule has 1 heterocycles. The molecule has 0 spiro atoms. The van der Waals surface area contributed by atoms with Crippen molar-refractivity contribution in [2.45, 2.75) is 27.0 Å². The minimum atomic E-state index is -1.05. The van der Waals surface area contributed by atoms with Gasteiger partial charge in [0, 0.05) is 6.54 Å². The number of para-hydroxylation sites is 1. The summed E-state index contributed by atoms with van der Waals surface area (Å²) in [5.41, 5.74) is 0.962. The summed E-state index contributed by atoms with van der Waals surface area (Å²) in [5.74, 6) is -0.369. The lowest BCUT2D eigenvalue weighted by Gasteiger charge is -2.14. The predicted molar refractivity (Wildman–Crippen MR) is 76.8 cm³/mol. The van der Waals surface area contributed by atoms with E-state index in [1.807, 2.05) is 18.4 Å². The highest BCUT2D eigenvalue weighted by Gasteiger charge is 2.17. The molecule has 0 fully saturated rings. The first kappa shape index (κ1) is 14.9. The van der Waals surface area contributed by atoms with E-state index in [2.05, 4.69) is 4.98 Å². The topological polar surface area (TPSA) is 73.6 Å². The summed E-state index contributed by atoms with van der Waals surface area (Å²) in [7, 11) is 0. The summed E-state index contributed by atoms with van der Waals surface area (Å²) in [5, 5.41) is 9.26. The Hall–Kier alpha value is -2.50. The number of carbonyl (C=O) groups is 1. The van der Waals surface area contributed by atoms with E-state index in [9.17, 15) is 9.90 Å². The number of imidazole rings is 1. The number of hydrogen-bond donors (Lipinski definition) is 1. The molecule has 0 bridgehead atoms. The Morgan fingerprint density at radius 1 is 1.33 bits per heavy atom. The van der Waals surface area contributed by atoms with E-state index in [0.29, 0.717) is 12.4 Å². The molecule has 0 aliphatic rings. The van der Waals surface area contributed by atoms with E-state index in [4.69, 9.17) is 9.47 Å². The van der Waals surface area contributed by atoms with E-state index in [1.165, 1.54) is 6.07 Å². The van der Waals surface area contributed by atoms with Crippen molar-refractivity contribution in [3.05, 3.63) is 42.0 Å². The highest BCUT2D eigenvalue weighted by molar-refractivity contribution is 5.92. The van der Waals surface area contributed by atoms with E-state index >= 15 is 0 Å². The molecule has 6 heteroatoms. The van der Waals surface area contributed by atoms with Crippen molar-refractivity contribution in [3.63, 3.8) is 0 Å². The van der Waals surface area contributed by atoms with Gasteiger partial charge in [-0.1, -0.05) is 6.07 Å². The van der Waals surface area contributed by atoms with Crippen LogP contribution in [0.2, 0.25) is 0 Å². The fourth-order valence-electron chi connectivity index (χ4n) is 2.00. The molecule has 0 radical (unpaired) electrons. The van der Waals surface area contributed by atoms with Crippen LogP contribution in [0.4, 0.5) is 0 Å². The van der Waals surface area contributed by atoms with Crippen molar-refractivity contribution in [3.8, 4) is 11.5 Å². The van der Waals surface area contributed by atoms with Gasteiger partial charge in [-0.15, -0.1) is 0 Å². The molecule has 1 aromatic carbocycles. The highest BCUT2D eigenvalue weighted by Crippen LogP contribution is 2.32. The molecule has 1 N–H and O–H groups in total. The van der Waals surface area contributed by atoms with Crippen LogP contribution in [0.3, 0.4) is 0 Å². The van der Waals surface area contributed by atoms with Gasteiger partial charge in [-0.2, -0.15) is 0 Å². The Balaban J connectivity index is 2.27. The number of aromatic nitrogens is 2. The van der Waals surface area contributed by atoms with Gasteiger partial charge < -0.3 is 19.1 Å². The molecule has 0 aliphatic heterocycles. The molecule has 0 saturated carbocycles. The normalized spacial score (nSPS) is 10.4. The molecular formula is C15H18N2O4. The maximum Gasteiger partial charge on any atom is 0.339 e. The van der Waals surface area contributed by atoms with Gasteiger partial charge in [0.05, 0.1) is 24.8 Å². The molecule has 112 valence electrons. The monoisotopic (exact) mass is 290 g/mol. The molecule has 2 rings (SSSR count). The van der Waals surface area contributed by atoms with Crippen LogP contribution in [0.25, 0.3) is 0 Å². The number of nitrogens with zero attached hydrogens (tertiary/aromatic N) is 2. The SMILES string of the molecule is CCOc1cccc(C(=O)O)c1OCc1cncn1CC. The first-order valence-electron chi connectivity index (χ1n) is 6.78. The van der Waals surface area contributed by atoms with Crippen molar-refractivity contribution in [1.29, 1.82) is 0 Å². The van der Waals surface area contributed by atoms with Crippen LogP contribution in [-0.2, 0) is 13.2 Å². The zero-order valence-electron chi connectivity index (χ0n) is 12.1. The van der Waals surface area contributed by atoms with Crippen LogP contribution in [0.15, 0.2) is 30.7 Å². The highest BCUT2D eigenvalue weighted by atomic mass is 16.5. The Labute approximate surface area is 122 Å². The van der Waals surface area contributed by atoms with Gasteiger partial charge in [-0.3, -0.25) is 0 Å². The molecule has 0 unspecified atom stereocenters. The minimum Gasteiger partial charge on any atom is -0.490 e. The molecule has 0 atom stereocenters. The Bertz CT molecular complexity index is 622. The predicted octanol–water partition coefficient (Wildman–Crippen LogP) is 2.58. The minimum absolute atomic E-state index is 0.0866. The van der Waals surface area contributed by atoms with Crippen LogP contribution < -0.4 is 9.47 Å². The van der Waals surface area contributed by atoms with Crippen LogP contribution in [0.5, 0.6) is 11.5 Å². The summed E-state index contributed by atoms with van der Waals surface area (Å²) in [6, 6.07) is 4.83. The van der Waals surface area contributed by atoms with Crippen molar-refractivity contribution in [2.24, 2.45) is 0 Å². The van der Waals surface area contributed by atoms with Crippen molar-refractivity contribution >= 4 is 5.97 Å². The Morgan fingerprint density at radius 3 is 2.81 bits per heavy atom. The third-order valence-electron chi connectivity index (χ3n) is 3.01. The number of benzene rings is 1. The average molecular weight is 290 g/mol.